The third kappa shape index (κ3) is 2.76. The van der Waals surface area contributed by atoms with Crippen molar-refractivity contribution in [3.05, 3.63) is 0 Å². The van der Waals surface area contributed by atoms with Crippen molar-refractivity contribution in [3.63, 3.8) is 0 Å². The number of hydrogen-bond acceptors (Lipinski definition) is 7. The molecule has 0 fully saturated rings. The average molecular weight is 257 g/mol. The maximum atomic E-state index is 11.0. The van der Waals surface area contributed by atoms with Crippen LogP contribution in [0.2, 0.25) is 0 Å². The van der Waals surface area contributed by atoms with Gasteiger partial charge in [-0.2, -0.15) is 0 Å². The molecule has 0 aliphatic heterocycles. The SMILES string of the molecule is CC(=O)[C@](O)(C(=O)Cl)[C@@H](O)[C@@H](O)[C@H](O)CO. The van der Waals surface area contributed by atoms with Gasteiger partial charge < -0.3 is 25.5 Å². The smallest absolute Gasteiger partial charge is 0.263 e. The molecule has 0 aromatic carbocycles. The molecule has 0 aliphatic carbocycles. The van der Waals surface area contributed by atoms with E-state index < -0.39 is 41.5 Å². The van der Waals surface area contributed by atoms with Gasteiger partial charge in [0.1, 0.15) is 18.3 Å². The average Bonchev–Trinajstić information content (AvgIpc) is 2.23. The van der Waals surface area contributed by atoms with E-state index in [4.69, 9.17) is 21.8 Å². The number of rotatable bonds is 6. The summed E-state index contributed by atoms with van der Waals surface area (Å²) in [5.41, 5.74) is -3.02. The van der Waals surface area contributed by atoms with E-state index in [0.717, 1.165) is 6.92 Å². The van der Waals surface area contributed by atoms with E-state index in [1.54, 1.807) is 0 Å². The molecule has 0 radical (unpaired) electrons. The van der Waals surface area contributed by atoms with Crippen molar-refractivity contribution in [2.75, 3.05) is 6.61 Å². The van der Waals surface area contributed by atoms with Gasteiger partial charge in [-0.25, -0.2) is 0 Å². The predicted octanol–water partition coefficient (Wildman–Crippen LogP) is -2.85. The van der Waals surface area contributed by atoms with Gasteiger partial charge in [0.05, 0.1) is 6.61 Å². The lowest BCUT2D eigenvalue weighted by Gasteiger charge is -2.31. The summed E-state index contributed by atoms with van der Waals surface area (Å²) in [5, 5.41) is 44.0. The largest absolute Gasteiger partial charge is 0.394 e. The molecule has 16 heavy (non-hydrogen) atoms. The third-order valence-electron chi connectivity index (χ3n) is 2.17. The summed E-state index contributed by atoms with van der Waals surface area (Å²) in [5.74, 6) is -1.19. The Hall–Kier alpha value is -0.570. The fourth-order valence-corrected chi connectivity index (χ4v) is 1.27. The Morgan fingerprint density at radius 2 is 1.75 bits per heavy atom. The highest BCUT2D eigenvalue weighted by Crippen LogP contribution is 2.20. The molecular weight excluding hydrogens is 244 g/mol. The first-order valence-electron chi connectivity index (χ1n) is 4.28. The highest BCUT2D eigenvalue weighted by molar-refractivity contribution is 6.67. The Labute approximate surface area is 95.9 Å². The van der Waals surface area contributed by atoms with E-state index >= 15 is 0 Å². The van der Waals surface area contributed by atoms with Crippen LogP contribution in [0.5, 0.6) is 0 Å². The van der Waals surface area contributed by atoms with Crippen molar-refractivity contribution in [1.82, 2.24) is 0 Å². The second-order valence-electron chi connectivity index (χ2n) is 3.28. The Kier molecular flexibility index (Phi) is 5.47. The van der Waals surface area contributed by atoms with Gasteiger partial charge in [-0.3, -0.25) is 9.59 Å². The minimum Gasteiger partial charge on any atom is -0.394 e. The van der Waals surface area contributed by atoms with Crippen LogP contribution in [0.1, 0.15) is 6.92 Å². The lowest BCUT2D eigenvalue weighted by atomic mass is 9.88. The lowest BCUT2D eigenvalue weighted by Crippen LogP contribution is -2.60. The van der Waals surface area contributed by atoms with Crippen LogP contribution in [0.3, 0.4) is 0 Å². The van der Waals surface area contributed by atoms with Crippen molar-refractivity contribution in [3.8, 4) is 0 Å². The van der Waals surface area contributed by atoms with Crippen LogP contribution in [0.15, 0.2) is 0 Å². The van der Waals surface area contributed by atoms with Crippen LogP contribution in [-0.4, -0.2) is 67.1 Å². The van der Waals surface area contributed by atoms with E-state index in [0.29, 0.717) is 0 Å². The van der Waals surface area contributed by atoms with Gasteiger partial charge in [0.15, 0.2) is 5.78 Å². The molecule has 4 atom stereocenters. The topological polar surface area (TPSA) is 135 Å². The summed E-state index contributed by atoms with van der Waals surface area (Å²) >= 11 is 4.94. The molecule has 0 rings (SSSR count). The molecule has 0 saturated heterocycles. The summed E-state index contributed by atoms with van der Waals surface area (Å²) in [7, 11) is 0. The summed E-state index contributed by atoms with van der Waals surface area (Å²) in [6, 6.07) is 0. The molecule has 0 aromatic heterocycles. The molecule has 0 unspecified atom stereocenters. The summed E-state index contributed by atoms with van der Waals surface area (Å²) in [6.45, 7) is -0.149. The van der Waals surface area contributed by atoms with Crippen molar-refractivity contribution in [2.24, 2.45) is 0 Å². The first-order chi connectivity index (χ1) is 7.19. The second kappa shape index (κ2) is 5.67. The van der Waals surface area contributed by atoms with Crippen molar-refractivity contribution < 1.29 is 35.1 Å². The number of carbonyl (C=O) groups is 2. The zero-order chi connectivity index (χ0) is 13.1. The Bertz CT molecular complexity index is 266. The first kappa shape index (κ1) is 15.4. The maximum absolute atomic E-state index is 11.0. The quantitative estimate of drug-likeness (QED) is 0.255. The van der Waals surface area contributed by atoms with Gasteiger partial charge in [0.2, 0.25) is 5.60 Å². The lowest BCUT2D eigenvalue weighted by molar-refractivity contribution is -0.175. The van der Waals surface area contributed by atoms with E-state index in [1.807, 2.05) is 0 Å². The number of ketones is 1. The van der Waals surface area contributed by atoms with Gasteiger partial charge in [-0.1, -0.05) is 0 Å². The fraction of sp³-hybridized carbons (Fsp3) is 0.750. The first-order valence-corrected chi connectivity index (χ1v) is 4.65. The molecule has 0 aliphatic rings. The number of carbonyl (C=O) groups excluding carboxylic acids is 2. The molecule has 94 valence electrons. The molecule has 5 N–H and O–H groups in total. The van der Waals surface area contributed by atoms with Crippen LogP contribution >= 0.6 is 11.6 Å². The normalized spacial score (nSPS) is 20.7. The van der Waals surface area contributed by atoms with Crippen LogP contribution in [0.4, 0.5) is 0 Å². The molecule has 0 bridgehead atoms. The third-order valence-corrected chi connectivity index (χ3v) is 2.46. The minimum absolute atomic E-state index is 0.779. The molecule has 8 heteroatoms. The summed E-state index contributed by atoms with van der Waals surface area (Å²) in [6.07, 6.45) is -6.25. The fourth-order valence-electron chi connectivity index (χ4n) is 1.03. The molecular formula is C8H13ClO7. The zero-order valence-electron chi connectivity index (χ0n) is 8.37. The molecule has 0 aromatic rings. The summed E-state index contributed by atoms with van der Waals surface area (Å²) in [4.78, 5) is 21.8. The summed E-state index contributed by atoms with van der Waals surface area (Å²) < 4.78 is 0. The van der Waals surface area contributed by atoms with Crippen molar-refractivity contribution >= 4 is 22.6 Å². The van der Waals surface area contributed by atoms with Gasteiger partial charge in [0, 0.05) is 0 Å². The highest BCUT2D eigenvalue weighted by Gasteiger charge is 2.51. The number of hydrogen-bond donors (Lipinski definition) is 5. The Balaban J connectivity index is 5.11. The van der Waals surface area contributed by atoms with Gasteiger partial charge in [0.25, 0.3) is 5.24 Å². The van der Waals surface area contributed by atoms with Gasteiger partial charge in [-0.05, 0) is 18.5 Å². The van der Waals surface area contributed by atoms with E-state index in [9.17, 15) is 24.9 Å². The highest BCUT2D eigenvalue weighted by atomic mass is 35.5. The molecule has 0 saturated carbocycles. The minimum atomic E-state index is -3.02. The Morgan fingerprint density at radius 1 is 1.31 bits per heavy atom. The van der Waals surface area contributed by atoms with Crippen LogP contribution in [0, 0.1) is 0 Å². The van der Waals surface area contributed by atoms with Crippen LogP contribution < -0.4 is 0 Å². The molecule has 7 nitrogen and oxygen atoms in total. The van der Waals surface area contributed by atoms with E-state index in [2.05, 4.69) is 0 Å². The standard InChI is InChI=1S/C8H13ClO7/c1-3(11)8(16,7(9)15)6(14)5(13)4(12)2-10/h4-6,10,12-14,16H,2H2,1H3/t4-,5+,6+,8-/m1/s1. The molecule has 0 spiro atoms. The molecule has 0 amide bonds. The number of halogens is 1. The van der Waals surface area contributed by atoms with Crippen LogP contribution in [-0.2, 0) is 9.59 Å². The monoisotopic (exact) mass is 256 g/mol. The van der Waals surface area contributed by atoms with E-state index in [-0.39, 0.29) is 0 Å². The predicted molar refractivity (Wildman–Crippen MR) is 51.6 cm³/mol. The number of aliphatic hydroxyl groups excluding tert-OH is 4. The number of aliphatic hydroxyl groups is 5. The zero-order valence-corrected chi connectivity index (χ0v) is 9.13. The maximum Gasteiger partial charge on any atom is 0.263 e. The molecule has 0 heterocycles. The van der Waals surface area contributed by atoms with Gasteiger partial charge >= 0.3 is 0 Å². The number of Topliss-reactive ketones (excluding diaryl/α,β-unsaturated/α-hetero) is 1. The van der Waals surface area contributed by atoms with E-state index in [1.165, 1.54) is 0 Å². The van der Waals surface area contributed by atoms with Crippen LogP contribution in [0.25, 0.3) is 0 Å². The second-order valence-corrected chi connectivity index (χ2v) is 3.62. The van der Waals surface area contributed by atoms with Crippen molar-refractivity contribution in [1.29, 1.82) is 0 Å². The van der Waals surface area contributed by atoms with Crippen molar-refractivity contribution in [2.45, 2.75) is 30.8 Å². The Morgan fingerprint density at radius 3 is 2.00 bits per heavy atom. The van der Waals surface area contributed by atoms with Gasteiger partial charge in [-0.15, -0.1) is 0 Å².